The van der Waals surface area contributed by atoms with E-state index in [4.69, 9.17) is 4.74 Å². The molecule has 1 fully saturated rings. The first-order valence-corrected chi connectivity index (χ1v) is 31.7. The Kier molecular flexibility index (Phi) is 34.0. The Morgan fingerprint density at radius 3 is 1.48 bits per heavy atom. The van der Waals surface area contributed by atoms with Crippen LogP contribution in [0.5, 0.6) is 0 Å². The molecule has 508 valence electrons. The molecule has 5 N–H and O–H groups in total. The number of nitrogens with one attached hydrogen (secondary N) is 4. The minimum Gasteiger partial charge on any atom is -0.390 e. The second-order valence-corrected chi connectivity index (χ2v) is 26.3. The molecule has 1 saturated heterocycles. The largest absolute Gasteiger partial charge is 0.390 e. The quantitative estimate of drug-likeness (QED) is 0.0706. The summed E-state index contributed by atoms with van der Waals surface area (Å²) in [5.74, 6) is -10.4. The van der Waals surface area contributed by atoms with Crippen LogP contribution in [0.1, 0.15) is 156 Å². The standard InChI is InChI=1S/C64H113N11O14/c1-24-26-29-41(13)54(78)53-58(82)67-45(25-2)60(84)69(17)35-49(77)73(21)52(44(16)89-31-28-27-30-76)57(81)68-50(39(9)10)63(87)70(18)46(32-36(3)4)56(80)65-42(14)55(79)66-43(15)59(83)71(19)47(33-37(5)6)61(85)72(20)48(34-38(7)8)62(86)74(22)51(40(11)12)64(88)75(53)23/h24,26,30,36-48,50-54,78H,25,27-29,31-35H2,1-23H3,(H,65,80)(H,66,79)(H,67,82)(H,68,81)/t41-,42+,43-,44-,45+,46+,47+,48+,50+,51+,52+,53+,54-/m1/s1. The summed E-state index contributed by atoms with van der Waals surface area (Å²) >= 11 is 0. The lowest BCUT2D eigenvalue weighted by molar-refractivity contribution is -0.157. The molecule has 0 unspecified atom stereocenters. The lowest BCUT2D eigenvalue weighted by atomic mass is 9.91. The van der Waals surface area contributed by atoms with Gasteiger partial charge in [0.05, 0.1) is 18.8 Å². The molecule has 1 aliphatic rings. The number of ether oxygens (including phenoxy) is 1. The Bertz CT molecular complexity index is 2440. The highest BCUT2D eigenvalue weighted by Crippen LogP contribution is 2.26. The summed E-state index contributed by atoms with van der Waals surface area (Å²) < 4.78 is 6.02. The van der Waals surface area contributed by atoms with Gasteiger partial charge < -0.3 is 70.2 Å². The van der Waals surface area contributed by atoms with E-state index in [-0.39, 0.29) is 69.3 Å². The molecule has 13 atom stereocenters. The number of aliphatic hydroxyl groups is 1. The molecule has 0 aromatic carbocycles. The summed E-state index contributed by atoms with van der Waals surface area (Å²) in [7, 11) is 9.69. The van der Waals surface area contributed by atoms with E-state index in [0.717, 1.165) is 14.7 Å². The maximum atomic E-state index is 15.2. The van der Waals surface area contributed by atoms with Crippen LogP contribution in [0, 0.1) is 35.5 Å². The summed E-state index contributed by atoms with van der Waals surface area (Å²) in [6.45, 7) is 26.8. The van der Waals surface area contributed by atoms with Gasteiger partial charge >= 0.3 is 0 Å². The summed E-state index contributed by atoms with van der Waals surface area (Å²) in [6, 6.07) is -13.0. The van der Waals surface area contributed by atoms with Crippen LogP contribution in [0.4, 0.5) is 0 Å². The third kappa shape index (κ3) is 23.0. The number of aldehydes is 1. The number of carbonyl (C=O) groups excluding carboxylic acids is 12. The number of unbranched alkanes of at least 4 members (excludes halogenated alkanes) is 1. The molecular weight excluding hydrogens is 1150 g/mol. The lowest BCUT2D eigenvalue weighted by Gasteiger charge is -2.41. The van der Waals surface area contributed by atoms with Crippen molar-refractivity contribution in [3.8, 4) is 0 Å². The Morgan fingerprint density at radius 1 is 0.528 bits per heavy atom. The molecule has 0 saturated carbocycles. The molecule has 1 heterocycles. The molecule has 25 heteroatoms. The second-order valence-electron chi connectivity index (χ2n) is 26.3. The SMILES string of the molecule is CC=CC[C@@H](C)[C@@H](O)[C@H]1C(=O)N[C@@H](CC)C(=O)N(C)CC(=O)N(C)[C@@H]([C@@H](C)OCCCC=O)C(=O)N[C@@H](C(C)C)C(=O)N(C)[C@@H](CC(C)C)C(=O)N[C@@H](C)C(=O)N[C@H](C)C(=O)N(C)[C@@H](CC(C)C)C(=O)N(C)[C@@H](CC(C)C)C(=O)N(C)[C@@H](C(C)C)C(=O)N1C. The smallest absolute Gasteiger partial charge is 0.246 e. The number of likely N-dealkylation sites (N-methyl/N-ethyl adjacent to an activating group) is 7. The van der Waals surface area contributed by atoms with E-state index in [1.165, 1.54) is 89.7 Å². The molecule has 11 amide bonds. The van der Waals surface area contributed by atoms with Gasteiger partial charge in [0.15, 0.2) is 0 Å². The highest BCUT2D eigenvalue weighted by molar-refractivity contribution is 5.99. The van der Waals surface area contributed by atoms with Crippen LogP contribution in [0.3, 0.4) is 0 Å². The van der Waals surface area contributed by atoms with E-state index in [1.807, 2.05) is 41.5 Å². The molecule has 0 spiro atoms. The number of rotatable bonds is 19. The third-order valence-electron chi connectivity index (χ3n) is 16.6. The highest BCUT2D eigenvalue weighted by Gasteiger charge is 2.46. The van der Waals surface area contributed by atoms with Crippen molar-refractivity contribution in [1.82, 2.24) is 55.6 Å². The zero-order valence-electron chi connectivity index (χ0n) is 57.9. The van der Waals surface area contributed by atoms with Crippen molar-refractivity contribution in [3.63, 3.8) is 0 Å². The summed E-state index contributed by atoms with van der Waals surface area (Å²) in [4.78, 5) is 180. The van der Waals surface area contributed by atoms with Gasteiger partial charge in [0.25, 0.3) is 0 Å². The van der Waals surface area contributed by atoms with Gasteiger partial charge in [-0.25, -0.2) is 0 Å². The van der Waals surface area contributed by atoms with Crippen LogP contribution >= 0.6 is 0 Å². The van der Waals surface area contributed by atoms with Crippen molar-refractivity contribution in [2.75, 3.05) is 62.5 Å². The molecular formula is C64H113N11O14. The third-order valence-corrected chi connectivity index (χ3v) is 16.6. The normalized spacial score (nSPS) is 26.5. The first-order valence-electron chi connectivity index (χ1n) is 31.7. The van der Waals surface area contributed by atoms with E-state index in [0.29, 0.717) is 6.29 Å². The first-order chi connectivity index (χ1) is 41.3. The Labute approximate surface area is 530 Å². The molecule has 1 aliphatic heterocycles. The van der Waals surface area contributed by atoms with Gasteiger partial charge in [-0.15, -0.1) is 0 Å². The van der Waals surface area contributed by atoms with Crippen molar-refractivity contribution in [2.24, 2.45) is 35.5 Å². The minimum atomic E-state index is -1.65. The molecule has 0 aromatic rings. The predicted octanol–water partition coefficient (Wildman–Crippen LogP) is 2.61. The minimum absolute atomic E-state index is 0.0135. The van der Waals surface area contributed by atoms with Gasteiger partial charge in [0.2, 0.25) is 65.0 Å². The van der Waals surface area contributed by atoms with E-state index < -0.39 is 162 Å². The fraction of sp³-hybridized carbons (Fsp3) is 0.781. The molecule has 1 rings (SSSR count). The lowest BCUT2D eigenvalue weighted by Crippen LogP contribution is -2.63. The van der Waals surface area contributed by atoms with Crippen LogP contribution in [-0.4, -0.2) is 246 Å². The number of nitrogens with zero attached hydrogens (tertiary/aromatic N) is 7. The number of hydrogen-bond donors (Lipinski definition) is 5. The van der Waals surface area contributed by atoms with Crippen molar-refractivity contribution >= 4 is 71.3 Å². The van der Waals surface area contributed by atoms with Gasteiger partial charge in [0.1, 0.15) is 66.7 Å². The van der Waals surface area contributed by atoms with Crippen LogP contribution < -0.4 is 21.3 Å². The van der Waals surface area contributed by atoms with E-state index in [2.05, 4.69) is 21.3 Å². The summed E-state index contributed by atoms with van der Waals surface area (Å²) in [6.07, 6.45) is 2.78. The maximum Gasteiger partial charge on any atom is 0.246 e. The van der Waals surface area contributed by atoms with E-state index >= 15 is 9.59 Å². The van der Waals surface area contributed by atoms with Crippen molar-refractivity contribution < 1.29 is 67.4 Å². The topological polar surface area (TPSA) is 305 Å². The van der Waals surface area contributed by atoms with Crippen LogP contribution in [0.15, 0.2) is 12.2 Å². The monoisotopic (exact) mass is 1260 g/mol. The Hall–Kier alpha value is -6.50. The summed E-state index contributed by atoms with van der Waals surface area (Å²) in [5.41, 5.74) is 0. The van der Waals surface area contributed by atoms with Gasteiger partial charge in [-0.2, -0.15) is 0 Å². The Balaban J connectivity index is 4.39. The number of amides is 11. The number of aliphatic hydroxyl groups excluding tert-OH is 1. The van der Waals surface area contributed by atoms with Gasteiger partial charge in [-0.1, -0.05) is 95.2 Å². The van der Waals surface area contributed by atoms with Crippen molar-refractivity contribution in [2.45, 2.75) is 228 Å². The van der Waals surface area contributed by atoms with Gasteiger partial charge in [-0.3, -0.25) is 52.7 Å². The van der Waals surface area contributed by atoms with Crippen molar-refractivity contribution in [1.29, 1.82) is 0 Å². The number of carbonyl (C=O) groups is 12. The summed E-state index contributed by atoms with van der Waals surface area (Å²) in [5, 5.41) is 23.0. The van der Waals surface area contributed by atoms with Crippen LogP contribution in [0.2, 0.25) is 0 Å². The molecule has 0 radical (unpaired) electrons. The fourth-order valence-corrected chi connectivity index (χ4v) is 11.0. The fourth-order valence-electron chi connectivity index (χ4n) is 11.0. The predicted molar refractivity (Wildman–Crippen MR) is 340 cm³/mol. The van der Waals surface area contributed by atoms with E-state index in [1.54, 1.807) is 60.6 Å². The highest BCUT2D eigenvalue weighted by atomic mass is 16.5. The number of hydrogen-bond acceptors (Lipinski definition) is 14. The van der Waals surface area contributed by atoms with Crippen LogP contribution in [0.25, 0.3) is 0 Å². The first kappa shape index (κ1) is 80.5. The zero-order valence-corrected chi connectivity index (χ0v) is 57.9. The average Bonchev–Trinajstić information content (AvgIpc) is 0.987. The molecule has 0 aliphatic carbocycles. The average molecular weight is 1260 g/mol. The Morgan fingerprint density at radius 2 is 1.00 bits per heavy atom. The second kappa shape index (κ2) is 37.6. The van der Waals surface area contributed by atoms with Gasteiger partial charge in [-0.05, 0) is 102 Å². The van der Waals surface area contributed by atoms with E-state index in [9.17, 15) is 53.1 Å². The van der Waals surface area contributed by atoms with Gasteiger partial charge in [0, 0.05) is 62.4 Å². The molecule has 0 aromatic heterocycles. The number of allylic oxidation sites excluding steroid dienone is 2. The maximum absolute atomic E-state index is 15.2. The van der Waals surface area contributed by atoms with Crippen LogP contribution in [-0.2, 0) is 62.3 Å². The zero-order chi connectivity index (χ0) is 68.8. The molecule has 25 nitrogen and oxygen atoms in total. The van der Waals surface area contributed by atoms with Crippen molar-refractivity contribution in [3.05, 3.63) is 12.2 Å². The molecule has 89 heavy (non-hydrogen) atoms. The molecule has 0 bridgehead atoms.